The van der Waals surface area contributed by atoms with Gasteiger partial charge in [-0.25, -0.2) is 0 Å². The van der Waals surface area contributed by atoms with Crippen LogP contribution in [0, 0.1) is 0 Å². The van der Waals surface area contributed by atoms with Crippen LogP contribution in [0.25, 0.3) is 5.76 Å². The molecule has 2 aromatic rings. The summed E-state index contributed by atoms with van der Waals surface area (Å²) in [5, 5.41) is 11.3. The van der Waals surface area contributed by atoms with Crippen molar-refractivity contribution in [1.29, 1.82) is 0 Å². The molecule has 170 valence electrons. The maximum absolute atomic E-state index is 13.1. The lowest BCUT2D eigenvalue weighted by atomic mass is 9.93. The number of likely N-dealkylation sites (tertiary alicyclic amines) is 1. The molecule has 1 aromatic heterocycles. The molecule has 1 unspecified atom stereocenters. The van der Waals surface area contributed by atoms with E-state index >= 15 is 0 Å². The largest absolute Gasteiger partial charge is 0.507 e. The molecule has 1 N–H and O–H groups in total. The van der Waals surface area contributed by atoms with Gasteiger partial charge in [0.25, 0.3) is 11.7 Å². The highest BCUT2D eigenvalue weighted by atomic mass is 16.5. The van der Waals surface area contributed by atoms with Crippen LogP contribution in [0.3, 0.4) is 0 Å². The Morgan fingerprint density at radius 1 is 1.19 bits per heavy atom. The van der Waals surface area contributed by atoms with Crippen LogP contribution in [0.15, 0.2) is 48.3 Å². The first-order valence-corrected chi connectivity index (χ1v) is 10.8. The summed E-state index contributed by atoms with van der Waals surface area (Å²) in [5.74, 6) is -0.570. The number of nitrogens with zero attached hydrogens (tertiary/aromatic N) is 3. The molecule has 0 radical (unpaired) electrons. The summed E-state index contributed by atoms with van der Waals surface area (Å²) in [4.78, 5) is 33.7. The predicted molar refractivity (Wildman–Crippen MR) is 124 cm³/mol. The number of hydrogen-bond donors (Lipinski definition) is 1. The molecule has 2 heterocycles. The Morgan fingerprint density at radius 2 is 1.88 bits per heavy atom. The summed E-state index contributed by atoms with van der Waals surface area (Å²) in [5.41, 5.74) is 2.24. The Bertz CT molecular complexity index is 1020. The Hall–Kier alpha value is -3.19. The highest BCUT2D eigenvalue weighted by Crippen LogP contribution is 2.40. The van der Waals surface area contributed by atoms with E-state index in [1.54, 1.807) is 48.7 Å². The van der Waals surface area contributed by atoms with E-state index in [-0.39, 0.29) is 17.3 Å². The number of ether oxygens (including phenoxy) is 1. The summed E-state index contributed by atoms with van der Waals surface area (Å²) in [6, 6.07) is 8.20. The quantitative estimate of drug-likeness (QED) is 0.386. The molecule has 0 spiro atoms. The van der Waals surface area contributed by atoms with E-state index in [4.69, 9.17) is 4.74 Å². The molecule has 1 amide bonds. The number of hydrogen-bond acceptors (Lipinski definition) is 6. The highest BCUT2D eigenvalue weighted by molar-refractivity contribution is 6.46. The van der Waals surface area contributed by atoms with Crippen LogP contribution in [0.4, 0.5) is 0 Å². The number of carbonyl (C=O) groups is 2. The number of pyridine rings is 1. The Balaban J connectivity index is 2.11. The number of amides is 1. The van der Waals surface area contributed by atoms with Crippen molar-refractivity contribution in [2.24, 2.45) is 0 Å². The van der Waals surface area contributed by atoms with Crippen molar-refractivity contribution in [3.8, 4) is 5.75 Å². The first kappa shape index (κ1) is 23.5. The lowest BCUT2D eigenvalue weighted by molar-refractivity contribution is -0.139. The topological polar surface area (TPSA) is 83.0 Å². The number of aliphatic hydroxyl groups excluding tert-OH is 1. The Labute approximate surface area is 189 Å². The molecule has 1 aliphatic heterocycles. The zero-order chi connectivity index (χ0) is 23.4. The number of aliphatic hydroxyl groups is 1. The van der Waals surface area contributed by atoms with E-state index < -0.39 is 17.7 Å². The molecule has 0 saturated carbocycles. The zero-order valence-corrected chi connectivity index (χ0v) is 19.3. The van der Waals surface area contributed by atoms with E-state index in [1.165, 1.54) is 0 Å². The second kappa shape index (κ2) is 9.96. The number of methoxy groups -OCH3 is 1. The lowest BCUT2D eigenvalue weighted by Crippen LogP contribution is -2.32. The van der Waals surface area contributed by atoms with Crippen LogP contribution in [-0.2, 0) is 9.59 Å². The fourth-order valence-electron chi connectivity index (χ4n) is 4.05. The fourth-order valence-corrected chi connectivity index (χ4v) is 4.05. The molecule has 7 nitrogen and oxygen atoms in total. The summed E-state index contributed by atoms with van der Waals surface area (Å²) >= 11 is 0. The number of Topliss-reactive ketones (excluding diaryl/α,β-unsaturated/α-hetero) is 1. The van der Waals surface area contributed by atoms with Gasteiger partial charge in [0.05, 0.1) is 18.7 Å². The molecular weight excluding hydrogens is 406 g/mol. The second-order valence-electron chi connectivity index (χ2n) is 8.54. The molecular formula is C25H31N3O4. The van der Waals surface area contributed by atoms with E-state index in [2.05, 4.69) is 4.98 Å². The molecule has 1 aromatic carbocycles. The monoisotopic (exact) mass is 437 g/mol. The average Bonchev–Trinajstić information content (AvgIpc) is 3.03. The first-order chi connectivity index (χ1) is 15.3. The van der Waals surface area contributed by atoms with Gasteiger partial charge in [0.1, 0.15) is 11.5 Å². The van der Waals surface area contributed by atoms with Crippen molar-refractivity contribution in [3.05, 3.63) is 65.0 Å². The minimum absolute atomic E-state index is 0.103. The maximum Gasteiger partial charge on any atom is 0.295 e. The smallest absolute Gasteiger partial charge is 0.295 e. The van der Waals surface area contributed by atoms with Crippen molar-refractivity contribution < 1.29 is 19.4 Å². The number of rotatable bonds is 8. The predicted octanol–water partition coefficient (Wildman–Crippen LogP) is 3.59. The molecule has 0 aliphatic carbocycles. The highest BCUT2D eigenvalue weighted by Gasteiger charge is 2.45. The first-order valence-electron chi connectivity index (χ1n) is 10.8. The number of benzene rings is 1. The van der Waals surface area contributed by atoms with Crippen LogP contribution in [-0.4, -0.2) is 65.9 Å². The van der Waals surface area contributed by atoms with Crippen LogP contribution < -0.4 is 4.74 Å². The van der Waals surface area contributed by atoms with E-state index in [0.717, 1.165) is 17.7 Å². The molecule has 1 saturated heterocycles. The lowest BCUT2D eigenvalue weighted by Gasteiger charge is -2.26. The normalized spacial score (nSPS) is 18.1. The van der Waals surface area contributed by atoms with Crippen LogP contribution in [0.5, 0.6) is 5.75 Å². The van der Waals surface area contributed by atoms with Crippen molar-refractivity contribution in [1.82, 2.24) is 14.8 Å². The Morgan fingerprint density at radius 3 is 2.47 bits per heavy atom. The zero-order valence-electron chi connectivity index (χ0n) is 19.3. The summed E-state index contributed by atoms with van der Waals surface area (Å²) in [7, 11) is 5.53. The molecule has 32 heavy (non-hydrogen) atoms. The van der Waals surface area contributed by atoms with Crippen molar-refractivity contribution in [3.63, 3.8) is 0 Å². The van der Waals surface area contributed by atoms with Crippen molar-refractivity contribution >= 4 is 17.4 Å². The van der Waals surface area contributed by atoms with Gasteiger partial charge in [0, 0.05) is 24.5 Å². The van der Waals surface area contributed by atoms with Gasteiger partial charge in [-0.05, 0) is 74.4 Å². The fraction of sp³-hybridized carbons (Fsp3) is 0.400. The summed E-state index contributed by atoms with van der Waals surface area (Å²) < 4.78 is 5.44. The van der Waals surface area contributed by atoms with Gasteiger partial charge in [0.15, 0.2) is 0 Å². The number of ketones is 1. The van der Waals surface area contributed by atoms with Gasteiger partial charge in [0.2, 0.25) is 0 Å². The van der Waals surface area contributed by atoms with E-state index in [1.807, 2.05) is 38.9 Å². The van der Waals surface area contributed by atoms with Gasteiger partial charge in [-0.3, -0.25) is 14.6 Å². The molecule has 1 fully saturated rings. The third kappa shape index (κ3) is 4.67. The van der Waals surface area contributed by atoms with Crippen LogP contribution in [0.1, 0.15) is 48.9 Å². The molecule has 1 aliphatic rings. The average molecular weight is 438 g/mol. The minimum Gasteiger partial charge on any atom is -0.507 e. The molecule has 1 atom stereocenters. The number of carbonyl (C=O) groups excluding carboxylic acids is 2. The maximum atomic E-state index is 13.1. The third-order valence-electron chi connectivity index (χ3n) is 5.69. The van der Waals surface area contributed by atoms with Gasteiger partial charge >= 0.3 is 0 Å². The molecule has 0 bridgehead atoms. The molecule has 3 rings (SSSR count). The standard InChI is InChI=1S/C25H31N3O4/c1-16(2)19-15-18(7-8-20(19)32-5)23(29)21-22(17-9-11-26-12-10-17)28(25(31)24(21)30)14-6-13-27(3)4/h7-12,15-16,22,29H,6,13-14H2,1-5H3/b23-21-. The van der Waals surface area contributed by atoms with Gasteiger partial charge in [-0.2, -0.15) is 0 Å². The van der Waals surface area contributed by atoms with Crippen LogP contribution in [0.2, 0.25) is 0 Å². The summed E-state index contributed by atoms with van der Waals surface area (Å²) in [6.45, 7) is 5.25. The summed E-state index contributed by atoms with van der Waals surface area (Å²) in [6.07, 6.45) is 3.96. The van der Waals surface area contributed by atoms with Gasteiger partial charge < -0.3 is 19.6 Å². The SMILES string of the molecule is COc1ccc(/C(O)=C2/C(=O)C(=O)N(CCCN(C)C)C2c2ccncc2)cc1C(C)C. The van der Waals surface area contributed by atoms with Crippen molar-refractivity contribution in [2.75, 3.05) is 34.3 Å². The molecule has 7 heteroatoms. The van der Waals surface area contributed by atoms with Gasteiger partial charge in [-0.15, -0.1) is 0 Å². The minimum atomic E-state index is -0.670. The third-order valence-corrected chi connectivity index (χ3v) is 5.69. The Kier molecular flexibility index (Phi) is 7.30. The number of aromatic nitrogens is 1. The van der Waals surface area contributed by atoms with Crippen molar-refractivity contribution in [2.45, 2.75) is 32.2 Å². The van der Waals surface area contributed by atoms with E-state index in [0.29, 0.717) is 24.3 Å². The van der Waals surface area contributed by atoms with Gasteiger partial charge in [-0.1, -0.05) is 13.8 Å². The second-order valence-corrected chi connectivity index (χ2v) is 8.54. The van der Waals surface area contributed by atoms with Crippen LogP contribution >= 0.6 is 0 Å². The van der Waals surface area contributed by atoms with E-state index in [9.17, 15) is 14.7 Å².